The Hall–Kier alpha value is -0.620. The number of rotatable bonds is 5. The Kier molecular flexibility index (Phi) is 5.54. The van der Waals surface area contributed by atoms with Crippen LogP contribution in [0.5, 0.6) is 0 Å². The van der Waals surface area contributed by atoms with Gasteiger partial charge in [-0.2, -0.15) is 4.28 Å². The summed E-state index contributed by atoms with van der Waals surface area (Å²) in [6.07, 6.45) is 0. The Labute approximate surface area is 146 Å². The van der Waals surface area contributed by atoms with Gasteiger partial charge in [0.15, 0.2) is 0 Å². The minimum absolute atomic E-state index is 0.159. The van der Waals surface area contributed by atoms with Crippen molar-refractivity contribution in [2.24, 2.45) is 5.92 Å². The number of hydrogen-bond donors (Lipinski definition) is 0. The molecule has 1 saturated heterocycles. The minimum atomic E-state index is -1.02. The number of amides is 1. The molecule has 1 fully saturated rings. The van der Waals surface area contributed by atoms with Crippen LogP contribution in [0, 0.1) is 12.8 Å². The number of halogens is 2. The SMILES string of the molecule is Cc1ccc(N(C)SON2CC(C(C)Cl)C(C)(Cl)C2=O)cc1. The summed E-state index contributed by atoms with van der Waals surface area (Å²) in [4.78, 5) is 11.3. The van der Waals surface area contributed by atoms with Crippen LogP contribution in [0.25, 0.3) is 0 Å². The summed E-state index contributed by atoms with van der Waals surface area (Å²) in [5.41, 5.74) is 2.17. The number of carbonyl (C=O) groups is 1. The first-order valence-electron chi connectivity index (χ1n) is 7.03. The van der Waals surface area contributed by atoms with Gasteiger partial charge < -0.3 is 0 Å². The van der Waals surface area contributed by atoms with E-state index >= 15 is 0 Å². The molecule has 0 aromatic heterocycles. The molecule has 4 nitrogen and oxygen atoms in total. The summed E-state index contributed by atoms with van der Waals surface area (Å²) >= 11 is 13.6. The molecule has 0 radical (unpaired) electrons. The van der Waals surface area contributed by atoms with Crippen LogP contribution in [0.1, 0.15) is 19.4 Å². The average molecular weight is 363 g/mol. The van der Waals surface area contributed by atoms with Gasteiger partial charge in [0.25, 0.3) is 5.91 Å². The Morgan fingerprint density at radius 2 is 2.05 bits per heavy atom. The van der Waals surface area contributed by atoms with Gasteiger partial charge in [0.05, 0.1) is 6.54 Å². The summed E-state index contributed by atoms with van der Waals surface area (Å²) in [6, 6.07) is 8.03. The van der Waals surface area contributed by atoms with Crippen LogP contribution < -0.4 is 4.31 Å². The molecular weight excluding hydrogens is 343 g/mol. The molecule has 0 N–H and O–H groups in total. The number of benzene rings is 1. The van der Waals surface area contributed by atoms with Gasteiger partial charge in [-0.15, -0.1) is 23.2 Å². The molecule has 22 heavy (non-hydrogen) atoms. The standard InChI is InChI=1S/C15H20Cl2N2O2S/c1-10-5-7-12(8-6-10)18(4)22-21-19-9-13(11(2)16)15(3,17)14(19)20/h5-8,11,13H,9H2,1-4H3. The van der Waals surface area contributed by atoms with Crippen LogP contribution >= 0.6 is 35.4 Å². The smallest absolute Gasteiger partial charge is 0.268 e. The van der Waals surface area contributed by atoms with Crippen molar-refractivity contribution in [3.63, 3.8) is 0 Å². The quantitative estimate of drug-likeness (QED) is 0.450. The zero-order valence-corrected chi connectivity index (χ0v) is 15.4. The van der Waals surface area contributed by atoms with Gasteiger partial charge in [0.2, 0.25) is 0 Å². The predicted octanol–water partition coefficient (Wildman–Crippen LogP) is 4.01. The number of aryl methyl sites for hydroxylation is 1. The van der Waals surface area contributed by atoms with Crippen molar-refractivity contribution in [1.29, 1.82) is 0 Å². The monoisotopic (exact) mass is 362 g/mol. The zero-order chi connectivity index (χ0) is 16.5. The van der Waals surface area contributed by atoms with Crippen LogP contribution in [-0.4, -0.2) is 34.8 Å². The van der Waals surface area contributed by atoms with Gasteiger partial charge in [-0.25, -0.2) is 5.06 Å². The van der Waals surface area contributed by atoms with Crippen LogP contribution in [0.2, 0.25) is 0 Å². The van der Waals surface area contributed by atoms with Crippen LogP contribution in [0.15, 0.2) is 24.3 Å². The molecule has 1 aromatic rings. The Bertz CT molecular complexity index is 537. The second-order valence-electron chi connectivity index (χ2n) is 5.71. The normalized spacial score (nSPS) is 26.4. The maximum absolute atomic E-state index is 12.3. The molecule has 7 heteroatoms. The van der Waals surface area contributed by atoms with Crippen LogP contribution in [0.4, 0.5) is 5.69 Å². The third kappa shape index (κ3) is 3.65. The zero-order valence-electron chi connectivity index (χ0n) is 13.0. The lowest BCUT2D eigenvalue weighted by Gasteiger charge is -2.22. The molecule has 3 unspecified atom stereocenters. The van der Waals surface area contributed by atoms with Crippen LogP contribution in [-0.2, 0) is 9.08 Å². The first-order valence-corrected chi connectivity index (χ1v) is 8.55. The summed E-state index contributed by atoms with van der Waals surface area (Å²) in [5.74, 6) is -0.412. The Balaban J connectivity index is 1.97. The number of hydroxylamine groups is 2. The van der Waals surface area contributed by atoms with E-state index < -0.39 is 4.87 Å². The average Bonchev–Trinajstić information content (AvgIpc) is 2.68. The lowest BCUT2D eigenvalue weighted by atomic mass is 9.94. The fourth-order valence-electron chi connectivity index (χ4n) is 2.36. The van der Waals surface area contributed by atoms with Crippen molar-refractivity contribution >= 4 is 47.0 Å². The highest BCUT2D eigenvalue weighted by Gasteiger charge is 2.52. The maximum atomic E-state index is 12.3. The Morgan fingerprint density at radius 3 is 2.55 bits per heavy atom. The number of alkyl halides is 2. The van der Waals surface area contributed by atoms with Gasteiger partial charge in [0.1, 0.15) is 17.1 Å². The molecule has 1 heterocycles. The van der Waals surface area contributed by atoms with Gasteiger partial charge in [-0.05, 0) is 32.9 Å². The lowest BCUT2D eigenvalue weighted by Crippen LogP contribution is -2.37. The van der Waals surface area contributed by atoms with E-state index in [4.69, 9.17) is 27.5 Å². The van der Waals surface area contributed by atoms with Gasteiger partial charge in [-0.1, -0.05) is 17.7 Å². The molecule has 3 atom stereocenters. The first-order chi connectivity index (χ1) is 10.2. The fourth-order valence-corrected chi connectivity index (χ4v) is 3.63. The highest BCUT2D eigenvalue weighted by molar-refractivity contribution is 7.96. The second-order valence-corrected chi connectivity index (χ2v) is 8.03. The van der Waals surface area contributed by atoms with E-state index in [0.717, 1.165) is 17.9 Å². The number of nitrogens with zero attached hydrogens (tertiary/aromatic N) is 2. The third-order valence-corrected chi connectivity index (χ3v) is 5.32. The minimum Gasteiger partial charge on any atom is -0.294 e. The highest BCUT2D eigenvalue weighted by Crippen LogP contribution is 2.40. The number of hydrogen-bond acceptors (Lipinski definition) is 4. The molecule has 0 spiro atoms. The van der Waals surface area contributed by atoms with E-state index in [1.165, 1.54) is 10.6 Å². The molecule has 0 saturated carbocycles. The van der Waals surface area contributed by atoms with Crippen molar-refractivity contribution < 1.29 is 9.08 Å². The van der Waals surface area contributed by atoms with Gasteiger partial charge in [0, 0.05) is 24.0 Å². The summed E-state index contributed by atoms with van der Waals surface area (Å²) in [7, 11) is 1.87. The molecule has 0 aliphatic carbocycles. The lowest BCUT2D eigenvalue weighted by molar-refractivity contribution is -0.149. The molecule has 1 aliphatic heterocycles. The first kappa shape index (κ1) is 17.7. The molecule has 1 amide bonds. The number of carbonyl (C=O) groups excluding carboxylic acids is 1. The largest absolute Gasteiger partial charge is 0.294 e. The Morgan fingerprint density at radius 1 is 1.45 bits per heavy atom. The fraction of sp³-hybridized carbons (Fsp3) is 0.533. The van der Waals surface area contributed by atoms with E-state index in [-0.39, 0.29) is 17.2 Å². The molecule has 0 bridgehead atoms. The van der Waals surface area contributed by atoms with E-state index in [0.29, 0.717) is 6.54 Å². The maximum Gasteiger partial charge on any atom is 0.268 e. The molecule has 1 aliphatic rings. The van der Waals surface area contributed by atoms with Crippen molar-refractivity contribution in [2.75, 3.05) is 17.9 Å². The highest BCUT2D eigenvalue weighted by atomic mass is 35.5. The third-order valence-electron chi connectivity index (χ3n) is 3.89. The van der Waals surface area contributed by atoms with Gasteiger partial charge >= 0.3 is 0 Å². The van der Waals surface area contributed by atoms with E-state index in [9.17, 15) is 4.79 Å². The number of anilines is 1. The van der Waals surface area contributed by atoms with Crippen molar-refractivity contribution in [1.82, 2.24) is 5.06 Å². The van der Waals surface area contributed by atoms with Crippen LogP contribution in [0.3, 0.4) is 0 Å². The van der Waals surface area contributed by atoms with E-state index in [2.05, 4.69) is 0 Å². The molecular formula is C15H20Cl2N2O2S. The molecule has 1 aromatic carbocycles. The summed E-state index contributed by atoms with van der Waals surface area (Å²) < 4.78 is 7.40. The van der Waals surface area contributed by atoms with Gasteiger partial charge in [-0.3, -0.25) is 9.10 Å². The van der Waals surface area contributed by atoms with E-state index in [1.54, 1.807) is 6.92 Å². The summed E-state index contributed by atoms with van der Waals surface area (Å²) in [6.45, 7) is 5.96. The van der Waals surface area contributed by atoms with Crippen molar-refractivity contribution in [3.8, 4) is 0 Å². The van der Waals surface area contributed by atoms with Crippen molar-refractivity contribution in [3.05, 3.63) is 29.8 Å². The van der Waals surface area contributed by atoms with Crippen molar-refractivity contribution in [2.45, 2.75) is 31.0 Å². The molecule has 122 valence electrons. The van der Waals surface area contributed by atoms with E-state index in [1.807, 2.05) is 49.5 Å². The summed E-state index contributed by atoms with van der Waals surface area (Å²) in [5, 5.41) is 1.09. The predicted molar refractivity (Wildman–Crippen MR) is 93.0 cm³/mol. The molecule has 2 rings (SSSR count). The second kappa shape index (κ2) is 6.87. The topological polar surface area (TPSA) is 32.8 Å².